The molecule has 9 heteroatoms. The molecule has 0 atom stereocenters. The Morgan fingerprint density at radius 3 is 2.66 bits per heavy atom. The summed E-state index contributed by atoms with van der Waals surface area (Å²) in [5, 5.41) is 3.52. The Bertz CT molecular complexity index is 1170. The number of alkyl halides is 3. The van der Waals surface area contributed by atoms with Crippen molar-refractivity contribution < 1.29 is 17.6 Å². The van der Waals surface area contributed by atoms with E-state index in [-0.39, 0.29) is 23.2 Å². The molecule has 29 heavy (non-hydrogen) atoms. The molecule has 0 aliphatic carbocycles. The van der Waals surface area contributed by atoms with Crippen LogP contribution in [0.4, 0.5) is 23.4 Å². The second kappa shape index (κ2) is 7.73. The third-order valence-electron chi connectivity index (χ3n) is 4.64. The molecule has 0 aliphatic rings. The second-order valence-corrected chi connectivity index (χ2v) is 6.37. The molecule has 0 amide bonds. The minimum Gasteiger partial charge on any atom is -0.365 e. The van der Waals surface area contributed by atoms with E-state index in [0.29, 0.717) is 22.3 Å². The smallest absolute Gasteiger partial charge is 0.365 e. The van der Waals surface area contributed by atoms with Crippen molar-refractivity contribution in [3.05, 3.63) is 65.0 Å². The average molecular weight is 400 g/mol. The van der Waals surface area contributed by atoms with E-state index in [1.807, 2.05) is 0 Å². The Hall–Kier alpha value is -3.10. The molecule has 1 aromatic heterocycles. The van der Waals surface area contributed by atoms with Gasteiger partial charge in [-0.25, -0.2) is 4.39 Å². The molecule has 0 fully saturated rings. The van der Waals surface area contributed by atoms with E-state index in [9.17, 15) is 17.6 Å². The minimum absolute atomic E-state index is 0.0746. The number of anilines is 1. The molecule has 0 bridgehead atoms. The van der Waals surface area contributed by atoms with Gasteiger partial charge in [0.2, 0.25) is 5.62 Å². The summed E-state index contributed by atoms with van der Waals surface area (Å²) in [6.07, 6.45) is -3.00. The molecule has 1 N–H and O–H groups in total. The quantitative estimate of drug-likeness (QED) is 0.538. The number of nitrogens with one attached hydrogen (secondary N) is 1. The Labute approximate surface area is 166 Å². The first-order valence-corrected chi connectivity index (χ1v) is 8.63. The van der Waals surface area contributed by atoms with Crippen LogP contribution in [0.3, 0.4) is 0 Å². The average Bonchev–Trinajstić information content (AvgIpc) is 2.66. The molecule has 1 heterocycles. The van der Waals surface area contributed by atoms with Crippen molar-refractivity contribution in [3.8, 4) is 0 Å². The minimum atomic E-state index is -4.44. The van der Waals surface area contributed by atoms with Crippen molar-refractivity contribution in [2.45, 2.75) is 19.6 Å². The predicted molar refractivity (Wildman–Crippen MR) is 106 cm³/mol. The van der Waals surface area contributed by atoms with Crippen LogP contribution in [0.15, 0.2) is 41.9 Å². The van der Waals surface area contributed by atoms with Crippen molar-refractivity contribution in [2.24, 2.45) is 4.99 Å². The maximum atomic E-state index is 14.0. The van der Waals surface area contributed by atoms with Crippen LogP contribution in [0.2, 0.25) is 0 Å². The van der Waals surface area contributed by atoms with E-state index in [1.54, 1.807) is 6.07 Å². The van der Waals surface area contributed by atoms with Gasteiger partial charge in [-0.2, -0.15) is 18.2 Å². The molecule has 0 spiro atoms. The molecule has 148 valence electrons. The molecule has 3 aromatic rings. The summed E-state index contributed by atoms with van der Waals surface area (Å²) in [5.74, 6) is -0.289. The summed E-state index contributed by atoms with van der Waals surface area (Å²) in [5.41, 5.74) is 0.489. The van der Waals surface area contributed by atoms with E-state index in [2.05, 4.69) is 21.9 Å². The van der Waals surface area contributed by atoms with Gasteiger partial charge in [-0.3, -0.25) is 9.56 Å². The second-order valence-electron chi connectivity index (χ2n) is 6.37. The summed E-state index contributed by atoms with van der Waals surface area (Å²) >= 11 is 0. The molecular weight excluding hydrogens is 383 g/mol. The van der Waals surface area contributed by atoms with E-state index < -0.39 is 17.6 Å². The fraction of sp³-hybridized carbons (Fsp3) is 0.200. The molecule has 0 unspecified atom stereocenters. The van der Waals surface area contributed by atoms with Crippen LogP contribution in [0, 0.1) is 12.7 Å². The highest BCUT2D eigenvalue weighted by Crippen LogP contribution is 2.33. The van der Waals surface area contributed by atoms with Gasteiger partial charge < -0.3 is 5.32 Å². The van der Waals surface area contributed by atoms with Crippen LogP contribution in [-0.4, -0.2) is 24.4 Å². The van der Waals surface area contributed by atoms with E-state index in [4.69, 9.17) is 7.85 Å². The van der Waals surface area contributed by atoms with Gasteiger partial charge in [0.05, 0.1) is 11.1 Å². The topological polar surface area (TPSA) is 42.2 Å². The largest absolute Gasteiger partial charge is 0.416 e. The van der Waals surface area contributed by atoms with Gasteiger partial charge in [0.1, 0.15) is 19.5 Å². The van der Waals surface area contributed by atoms with Crippen LogP contribution in [0.5, 0.6) is 0 Å². The van der Waals surface area contributed by atoms with Crippen molar-refractivity contribution in [3.63, 3.8) is 0 Å². The first-order chi connectivity index (χ1) is 13.7. The highest BCUT2D eigenvalue weighted by atomic mass is 19.4. The summed E-state index contributed by atoms with van der Waals surface area (Å²) in [7, 11) is 7.22. The van der Waals surface area contributed by atoms with E-state index in [0.717, 1.165) is 6.07 Å². The van der Waals surface area contributed by atoms with Gasteiger partial charge in [0, 0.05) is 25.2 Å². The third kappa shape index (κ3) is 3.90. The first kappa shape index (κ1) is 20.6. The highest BCUT2D eigenvalue weighted by molar-refractivity contribution is 6.33. The van der Waals surface area contributed by atoms with Crippen molar-refractivity contribution in [1.82, 2.24) is 9.55 Å². The number of fused-ring (bicyclic) bond motifs is 1. The standard InChI is InChI=1S/C20H17BF4N4/c1-4-29-17-9-16(22)15(21)8-13(17)18(28-19(29)26-3)27-10-12-6-5-7-14(11(12)2)20(23,24)25/h4-9H,1,10H2,2-3H3,(H,26,27,28). The lowest BCUT2D eigenvalue weighted by Gasteiger charge is -2.16. The zero-order valence-electron chi connectivity index (χ0n) is 15.8. The number of halogens is 4. The Balaban J connectivity index is 2.10. The van der Waals surface area contributed by atoms with Crippen molar-refractivity contribution in [1.29, 1.82) is 0 Å². The lowest BCUT2D eigenvalue weighted by Crippen LogP contribution is -2.24. The van der Waals surface area contributed by atoms with Gasteiger partial charge in [0.15, 0.2) is 0 Å². The van der Waals surface area contributed by atoms with Crippen molar-refractivity contribution in [2.75, 3.05) is 12.4 Å². The number of hydrogen-bond acceptors (Lipinski definition) is 3. The lowest BCUT2D eigenvalue weighted by atomic mass is 9.94. The fourth-order valence-corrected chi connectivity index (χ4v) is 3.12. The lowest BCUT2D eigenvalue weighted by molar-refractivity contribution is -0.138. The van der Waals surface area contributed by atoms with E-state index >= 15 is 0 Å². The third-order valence-corrected chi connectivity index (χ3v) is 4.64. The van der Waals surface area contributed by atoms with Crippen LogP contribution < -0.4 is 16.4 Å². The molecule has 0 saturated carbocycles. The SMILES string of the molecule is [B]c1cc2c(NCc3cccc(C(F)(F)F)c3C)nc(=NC)n(C=C)c2cc1F. The van der Waals surface area contributed by atoms with Crippen LogP contribution in [0.25, 0.3) is 17.1 Å². The van der Waals surface area contributed by atoms with Crippen molar-refractivity contribution >= 4 is 36.2 Å². The summed E-state index contributed by atoms with van der Waals surface area (Å²) in [6.45, 7) is 5.19. The number of rotatable bonds is 4. The molecular formula is C20H17BF4N4. The number of benzene rings is 2. The number of nitrogens with zero attached hydrogens (tertiary/aromatic N) is 3. The highest BCUT2D eigenvalue weighted by Gasteiger charge is 2.32. The molecule has 4 nitrogen and oxygen atoms in total. The number of aromatic nitrogens is 2. The summed E-state index contributed by atoms with van der Waals surface area (Å²) < 4.78 is 55.0. The zero-order chi connectivity index (χ0) is 21.3. The molecule has 2 radical (unpaired) electrons. The monoisotopic (exact) mass is 400 g/mol. The van der Waals surface area contributed by atoms with Gasteiger partial charge in [-0.05, 0) is 30.2 Å². The maximum absolute atomic E-state index is 14.0. The van der Waals surface area contributed by atoms with Crippen LogP contribution in [-0.2, 0) is 12.7 Å². The zero-order valence-corrected chi connectivity index (χ0v) is 15.8. The Morgan fingerprint density at radius 1 is 1.31 bits per heavy atom. The first-order valence-electron chi connectivity index (χ1n) is 8.63. The summed E-state index contributed by atoms with van der Waals surface area (Å²) in [6, 6.07) is 6.66. The van der Waals surface area contributed by atoms with Crippen LogP contribution in [0.1, 0.15) is 16.7 Å². The fourth-order valence-electron chi connectivity index (χ4n) is 3.12. The van der Waals surface area contributed by atoms with Gasteiger partial charge >= 0.3 is 6.18 Å². The molecule has 0 saturated heterocycles. The maximum Gasteiger partial charge on any atom is 0.416 e. The number of hydrogen-bond donors (Lipinski definition) is 1. The molecule has 0 aliphatic heterocycles. The molecule has 2 aromatic carbocycles. The molecule has 3 rings (SSSR count). The summed E-state index contributed by atoms with van der Waals surface area (Å²) in [4.78, 5) is 8.45. The Kier molecular flexibility index (Phi) is 5.50. The van der Waals surface area contributed by atoms with Gasteiger partial charge in [-0.15, -0.1) is 0 Å². The normalized spacial score (nSPS) is 12.4. The van der Waals surface area contributed by atoms with Gasteiger partial charge in [-0.1, -0.05) is 30.2 Å². The van der Waals surface area contributed by atoms with Gasteiger partial charge in [0.25, 0.3) is 0 Å². The predicted octanol–water partition coefficient (Wildman–Crippen LogP) is 3.54. The Morgan fingerprint density at radius 2 is 2.03 bits per heavy atom. The van der Waals surface area contributed by atoms with Crippen LogP contribution >= 0.6 is 0 Å². The van der Waals surface area contributed by atoms with E-state index in [1.165, 1.54) is 42.9 Å².